The number of hydrogen-bond acceptors (Lipinski definition) is 3. The zero-order valence-corrected chi connectivity index (χ0v) is 12.1. The molecule has 1 unspecified atom stereocenters. The molecule has 0 bridgehead atoms. The average molecular weight is 313 g/mol. The molecule has 0 fully saturated rings. The van der Waals surface area contributed by atoms with E-state index < -0.39 is 11.6 Å². The van der Waals surface area contributed by atoms with E-state index in [0.717, 1.165) is 11.1 Å². The van der Waals surface area contributed by atoms with Crippen molar-refractivity contribution in [1.29, 1.82) is 0 Å². The molecule has 0 saturated carbocycles. The van der Waals surface area contributed by atoms with Gasteiger partial charge < -0.3 is 4.74 Å². The molecule has 2 rings (SSSR count). The van der Waals surface area contributed by atoms with Crippen molar-refractivity contribution < 1.29 is 13.5 Å². The lowest BCUT2D eigenvalue weighted by Crippen LogP contribution is -2.29. The molecule has 0 saturated heterocycles. The summed E-state index contributed by atoms with van der Waals surface area (Å²) in [4.78, 5) is 0. The Balaban J connectivity index is 2.25. The second-order valence-electron chi connectivity index (χ2n) is 4.57. The number of nitrogens with two attached hydrogens (primary N) is 1. The van der Waals surface area contributed by atoms with Crippen LogP contribution in [0.15, 0.2) is 36.4 Å². The number of rotatable bonds is 5. The second-order valence-corrected chi connectivity index (χ2v) is 4.97. The molecule has 0 aromatic heterocycles. The van der Waals surface area contributed by atoms with Gasteiger partial charge in [-0.1, -0.05) is 23.7 Å². The maximum atomic E-state index is 13.5. The minimum absolute atomic E-state index is 0.0689. The van der Waals surface area contributed by atoms with E-state index in [4.69, 9.17) is 22.2 Å². The molecule has 0 spiro atoms. The number of hydrogen-bond donors (Lipinski definition) is 2. The lowest BCUT2D eigenvalue weighted by molar-refractivity contribution is 0.384. The number of halogens is 3. The fraction of sp³-hybridized carbons (Fsp3) is 0.200. The number of methoxy groups -OCH3 is 1. The van der Waals surface area contributed by atoms with Crippen LogP contribution < -0.4 is 16.0 Å². The Bertz CT molecular complexity index is 637. The molecule has 0 amide bonds. The Hall–Kier alpha value is -1.69. The van der Waals surface area contributed by atoms with Crippen LogP contribution in [0.2, 0.25) is 5.02 Å². The molecular formula is C15H15ClF2N2O. The Labute approximate surface area is 126 Å². The molecule has 0 aliphatic heterocycles. The fourth-order valence-electron chi connectivity index (χ4n) is 2.07. The number of nitrogens with one attached hydrogen (secondary N) is 1. The summed E-state index contributed by atoms with van der Waals surface area (Å²) in [6.07, 6.45) is 0.430. The lowest BCUT2D eigenvalue weighted by atomic mass is 9.99. The van der Waals surface area contributed by atoms with E-state index in [1.54, 1.807) is 18.2 Å². The van der Waals surface area contributed by atoms with Crippen LogP contribution in [0.1, 0.15) is 17.2 Å². The van der Waals surface area contributed by atoms with Crippen molar-refractivity contribution in [3.8, 4) is 5.75 Å². The summed E-state index contributed by atoms with van der Waals surface area (Å²) in [5.41, 5.74) is 4.11. The summed E-state index contributed by atoms with van der Waals surface area (Å²) in [6.45, 7) is 0. The van der Waals surface area contributed by atoms with Gasteiger partial charge in [0.05, 0.1) is 18.2 Å². The standard InChI is InChI=1S/C15H15ClF2N2O/c1-21-15-8-10(3-5-12(15)17)14(20-19)7-9-2-4-11(16)13(18)6-9/h2-6,8,14,20H,7,19H2,1H3. The fourth-order valence-corrected chi connectivity index (χ4v) is 2.19. The predicted molar refractivity (Wildman–Crippen MR) is 78.1 cm³/mol. The summed E-state index contributed by atoms with van der Waals surface area (Å²) in [7, 11) is 1.39. The van der Waals surface area contributed by atoms with Crippen molar-refractivity contribution in [2.75, 3.05) is 7.11 Å². The van der Waals surface area contributed by atoms with E-state index in [-0.39, 0.29) is 16.8 Å². The summed E-state index contributed by atoms with van der Waals surface area (Å²) < 4.78 is 31.8. The molecule has 6 heteroatoms. The number of ether oxygens (including phenoxy) is 1. The smallest absolute Gasteiger partial charge is 0.165 e. The molecule has 3 N–H and O–H groups in total. The zero-order valence-electron chi connectivity index (χ0n) is 11.4. The highest BCUT2D eigenvalue weighted by atomic mass is 35.5. The molecule has 2 aromatic carbocycles. The molecule has 21 heavy (non-hydrogen) atoms. The molecule has 0 radical (unpaired) electrons. The second kappa shape index (κ2) is 6.85. The highest BCUT2D eigenvalue weighted by Gasteiger charge is 2.14. The van der Waals surface area contributed by atoms with E-state index in [0.29, 0.717) is 6.42 Å². The summed E-state index contributed by atoms with van der Waals surface area (Å²) in [5, 5.41) is 0.0689. The van der Waals surface area contributed by atoms with Gasteiger partial charge in [0.1, 0.15) is 5.82 Å². The van der Waals surface area contributed by atoms with Crippen LogP contribution in [0.25, 0.3) is 0 Å². The predicted octanol–water partition coefficient (Wildman–Crippen LogP) is 3.37. The topological polar surface area (TPSA) is 47.3 Å². The van der Waals surface area contributed by atoms with Gasteiger partial charge in [-0.2, -0.15) is 0 Å². The van der Waals surface area contributed by atoms with Crippen molar-refractivity contribution in [3.05, 3.63) is 64.2 Å². The minimum atomic E-state index is -0.485. The van der Waals surface area contributed by atoms with Crippen molar-refractivity contribution >= 4 is 11.6 Å². The Kier molecular flexibility index (Phi) is 5.12. The van der Waals surface area contributed by atoms with Crippen molar-refractivity contribution in [2.24, 2.45) is 5.84 Å². The van der Waals surface area contributed by atoms with E-state index in [2.05, 4.69) is 5.43 Å². The van der Waals surface area contributed by atoms with Gasteiger partial charge in [0.25, 0.3) is 0 Å². The third-order valence-electron chi connectivity index (χ3n) is 3.20. The van der Waals surface area contributed by atoms with E-state index >= 15 is 0 Å². The van der Waals surface area contributed by atoms with Crippen LogP contribution in [0.3, 0.4) is 0 Å². The minimum Gasteiger partial charge on any atom is -0.494 e. The van der Waals surface area contributed by atoms with E-state index in [9.17, 15) is 8.78 Å². The third-order valence-corrected chi connectivity index (χ3v) is 3.51. The summed E-state index contributed by atoms with van der Waals surface area (Å²) in [6, 6.07) is 8.73. The molecule has 0 heterocycles. The third kappa shape index (κ3) is 3.69. The number of benzene rings is 2. The molecule has 0 aliphatic rings. The van der Waals surface area contributed by atoms with Gasteiger partial charge in [0.2, 0.25) is 0 Å². The largest absolute Gasteiger partial charge is 0.494 e. The van der Waals surface area contributed by atoms with Crippen molar-refractivity contribution in [1.82, 2.24) is 5.43 Å². The quantitative estimate of drug-likeness (QED) is 0.657. The van der Waals surface area contributed by atoms with Crippen LogP contribution in [0.5, 0.6) is 5.75 Å². The Morgan fingerprint density at radius 1 is 1.19 bits per heavy atom. The van der Waals surface area contributed by atoms with Gasteiger partial charge in [-0.05, 0) is 41.8 Å². The Morgan fingerprint density at radius 2 is 1.95 bits per heavy atom. The van der Waals surface area contributed by atoms with Gasteiger partial charge in [-0.15, -0.1) is 0 Å². The van der Waals surface area contributed by atoms with Crippen molar-refractivity contribution in [3.63, 3.8) is 0 Å². The van der Waals surface area contributed by atoms with Gasteiger partial charge in [-0.3, -0.25) is 11.3 Å². The molecule has 3 nitrogen and oxygen atoms in total. The Morgan fingerprint density at radius 3 is 2.57 bits per heavy atom. The van der Waals surface area contributed by atoms with E-state index in [1.807, 2.05) is 0 Å². The lowest BCUT2D eigenvalue weighted by Gasteiger charge is -2.17. The SMILES string of the molecule is COc1cc(C(Cc2ccc(Cl)c(F)c2)NN)ccc1F. The summed E-state index contributed by atoms with van der Waals surface area (Å²) >= 11 is 5.65. The van der Waals surface area contributed by atoms with Crippen LogP contribution in [-0.4, -0.2) is 7.11 Å². The average Bonchev–Trinajstić information content (AvgIpc) is 2.49. The molecular weight excluding hydrogens is 298 g/mol. The highest BCUT2D eigenvalue weighted by molar-refractivity contribution is 6.30. The maximum Gasteiger partial charge on any atom is 0.165 e. The van der Waals surface area contributed by atoms with E-state index in [1.165, 1.54) is 25.3 Å². The van der Waals surface area contributed by atoms with Crippen LogP contribution in [-0.2, 0) is 6.42 Å². The van der Waals surface area contributed by atoms with Crippen molar-refractivity contribution in [2.45, 2.75) is 12.5 Å². The number of hydrazine groups is 1. The van der Waals surface area contributed by atoms with Crippen LogP contribution in [0.4, 0.5) is 8.78 Å². The van der Waals surface area contributed by atoms with Crippen LogP contribution >= 0.6 is 11.6 Å². The van der Waals surface area contributed by atoms with Gasteiger partial charge in [-0.25, -0.2) is 8.78 Å². The van der Waals surface area contributed by atoms with Gasteiger partial charge in [0.15, 0.2) is 11.6 Å². The molecule has 112 valence electrons. The molecule has 2 aromatic rings. The van der Waals surface area contributed by atoms with Crippen LogP contribution in [0, 0.1) is 11.6 Å². The first-order valence-corrected chi connectivity index (χ1v) is 6.66. The highest BCUT2D eigenvalue weighted by Crippen LogP contribution is 2.25. The van der Waals surface area contributed by atoms with Gasteiger partial charge in [0, 0.05) is 0 Å². The maximum absolute atomic E-state index is 13.5. The molecule has 1 atom stereocenters. The monoisotopic (exact) mass is 312 g/mol. The zero-order chi connectivity index (χ0) is 15.4. The first-order chi connectivity index (χ1) is 10.0. The normalized spacial score (nSPS) is 12.2. The van der Waals surface area contributed by atoms with Gasteiger partial charge >= 0.3 is 0 Å². The molecule has 0 aliphatic carbocycles. The first kappa shape index (κ1) is 15.7. The first-order valence-electron chi connectivity index (χ1n) is 6.28. The summed E-state index contributed by atoms with van der Waals surface area (Å²) in [5.74, 6) is 4.75.